The molecule has 2 heterocycles. The molecule has 0 bridgehead atoms. The van der Waals surface area contributed by atoms with Crippen LogP contribution in [0.4, 0.5) is 11.5 Å². The van der Waals surface area contributed by atoms with Crippen LogP contribution in [0.3, 0.4) is 0 Å². The average Bonchev–Trinajstić information content (AvgIpc) is 2.68. The molecule has 0 amide bonds. The van der Waals surface area contributed by atoms with Gasteiger partial charge in [0.25, 0.3) is 0 Å². The van der Waals surface area contributed by atoms with Crippen molar-refractivity contribution in [3.63, 3.8) is 0 Å². The molecule has 0 radical (unpaired) electrons. The molecule has 2 rings (SSSR count). The Balaban J connectivity index is 1.90. The minimum absolute atomic E-state index is 0.577. The Morgan fingerprint density at radius 3 is 2.88 bits per heavy atom. The predicted octanol–water partition coefficient (Wildman–Crippen LogP) is 1.32. The zero-order chi connectivity index (χ0) is 12.3. The van der Waals surface area contributed by atoms with Crippen LogP contribution in [0.15, 0.2) is 16.8 Å². The summed E-state index contributed by atoms with van der Waals surface area (Å²) in [5.41, 5.74) is 7.52. The maximum absolute atomic E-state index is 5.83. The summed E-state index contributed by atoms with van der Waals surface area (Å²) in [5.74, 6) is 1.95. The summed E-state index contributed by atoms with van der Waals surface area (Å²) in [6, 6.07) is 1.88. The van der Waals surface area contributed by atoms with Crippen LogP contribution < -0.4 is 11.1 Å². The Morgan fingerprint density at radius 1 is 1.41 bits per heavy atom. The van der Waals surface area contributed by atoms with Gasteiger partial charge in [-0.05, 0) is 18.6 Å². The first-order valence-corrected chi connectivity index (χ1v) is 5.40. The van der Waals surface area contributed by atoms with Crippen LogP contribution in [-0.2, 0) is 6.42 Å². The van der Waals surface area contributed by atoms with Gasteiger partial charge in [0.05, 0.1) is 5.69 Å². The zero-order valence-corrected chi connectivity index (χ0v) is 9.90. The van der Waals surface area contributed by atoms with E-state index >= 15 is 0 Å². The van der Waals surface area contributed by atoms with E-state index in [1.807, 2.05) is 13.0 Å². The van der Waals surface area contributed by atoms with Crippen LogP contribution in [0, 0.1) is 13.8 Å². The van der Waals surface area contributed by atoms with Crippen LogP contribution in [-0.4, -0.2) is 21.7 Å². The van der Waals surface area contributed by atoms with Crippen molar-refractivity contribution in [2.45, 2.75) is 20.3 Å². The van der Waals surface area contributed by atoms with E-state index in [9.17, 15) is 0 Å². The number of nitrogen functional groups attached to an aromatic ring is 1. The highest BCUT2D eigenvalue weighted by molar-refractivity contribution is 5.61. The molecule has 0 atom stereocenters. The number of aryl methyl sites for hydroxylation is 2. The number of aromatic nitrogens is 3. The molecule has 6 heteroatoms. The monoisotopic (exact) mass is 233 g/mol. The van der Waals surface area contributed by atoms with Crippen LogP contribution in [0.5, 0.6) is 0 Å². The van der Waals surface area contributed by atoms with Gasteiger partial charge in [-0.3, -0.25) is 0 Å². The maximum atomic E-state index is 5.83. The molecule has 0 aromatic carbocycles. The normalized spacial score (nSPS) is 10.5. The Morgan fingerprint density at radius 2 is 2.24 bits per heavy atom. The molecule has 0 aliphatic carbocycles. The fourth-order valence-electron chi connectivity index (χ4n) is 1.48. The molecule has 90 valence electrons. The number of pyridine rings is 1. The summed E-state index contributed by atoms with van der Waals surface area (Å²) >= 11 is 0. The number of nitrogens with zero attached hydrogens (tertiary/aromatic N) is 3. The second kappa shape index (κ2) is 4.82. The molecule has 2 aromatic rings. The van der Waals surface area contributed by atoms with Crippen molar-refractivity contribution in [3.05, 3.63) is 29.5 Å². The third kappa shape index (κ3) is 2.93. The van der Waals surface area contributed by atoms with Crippen LogP contribution in [0.1, 0.15) is 17.3 Å². The first-order chi connectivity index (χ1) is 8.15. The third-order valence-electron chi connectivity index (χ3n) is 2.26. The second-order valence-electron chi connectivity index (χ2n) is 3.86. The van der Waals surface area contributed by atoms with Crippen molar-refractivity contribution in [3.8, 4) is 0 Å². The molecule has 0 aliphatic heterocycles. The lowest BCUT2D eigenvalue weighted by Crippen LogP contribution is -2.09. The van der Waals surface area contributed by atoms with Gasteiger partial charge in [0.2, 0.25) is 5.89 Å². The molecule has 0 saturated heterocycles. The Hall–Kier alpha value is -2.11. The van der Waals surface area contributed by atoms with E-state index in [1.165, 1.54) is 0 Å². The first-order valence-electron chi connectivity index (χ1n) is 5.40. The molecule has 6 nitrogen and oxygen atoms in total. The maximum Gasteiger partial charge on any atom is 0.223 e. The van der Waals surface area contributed by atoms with E-state index in [0.717, 1.165) is 5.56 Å². The van der Waals surface area contributed by atoms with Gasteiger partial charge in [0.1, 0.15) is 5.82 Å². The molecular formula is C11H15N5O. The highest BCUT2D eigenvalue weighted by Gasteiger charge is 2.03. The van der Waals surface area contributed by atoms with Gasteiger partial charge in [-0.15, -0.1) is 0 Å². The molecular weight excluding hydrogens is 218 g/mol. The fourth-order valence-corrected chi connectivity index (χ4v) is 1.48. The standard InChI is InChI=1S/C11H15N5O/c1-7-5-9(12)11(14-6-7)13-4-3-10-15-8(2)17-16-10/h5-6H,3-4,12H2,1-2H3,(H,13,14). The fraction of sp³-hybridized carbons (Fsp3) is 0.364. The zero-order valence-electron chi connectivity index (χ0n) is 9.90. The number of nitrogens with one attached hydrogen (secondary N) is 1. The van der Waals surface area contributed by atoms with Gasteiger partial charge in [-0.2, -0.15) is 4.98 Å². The number of hydrogen-bond acceptors (Lipinski definition) is 6. The number of anilines is 2. The summed E-state index contributed by atoms with van der Waals surface area (Å²) < 4.78 is 4.88. The van der Waals surface area contributed by atoms with E-state index in [4.69, 9.17) is 10.3 Å². The molecule has 0 spiro atoms. The van der Waals surface area contributed by atoms with Crippen LogP contribution >= 0.6 is 0 Å². The van der Waals surface area contributed by atoms with Crippen molar-refractivity contribution in [1.82, 2.24) is 15.1 Å². The SMILES string of the molecule is Cc1cnc(NCCc2noc(C)n2)c(N)c1. The van der Waals surface area contributed by atoms with E-state index in [1.54, 1.807) is 13.1 Å². The summed E-state index contributed by atoms with van der Waals surface area (Å²) in [6.07, 6.45) is 2.45. The van der Waals surface area contributed by atoms with E-state index < -0.39 is 0 Å². The average molecular weight is 233 g/mol. The smallest absolute Gasteiger partial charge is 0.223 e. The number of hydrogen-bond donors (Lipinski definition) is 2. The number of rotatable bonds is 4. The van der Waals surface area contributed by atoms with Crippen molar-refractivity contribution in [2.24, 2.45) is 0 Å². The molecule has 17 heavy (non-hydrogen) atoms. The van der Waals surface area contributed by atoms with Gasteiger partial charge in [0.15, 0.2) is 5.82 Å². The van der Waals surface area contributed by atoms with Gasteiger partial charge in [-0.25, -0.2) is 4.98 Å². The quantitative estimate of drug-likeness (QED) is 0.827. The summed E-state index contributed by atoms with van der Waals surface area (Å²) in [4.78, 5) is 8.32. The number of nitrogens with two attached hydrogens (primary N) is 1. The van der Waals surface area contributed by atoms with E-state index in [-0.39, 0.29) is 0 Å². The molecule has 3 N–H and O–H groups in total. The Bertz CT molecular complexity index is 508. The van der Waals surface area contributed by atoms with E-state index in [0.29, 0.717) is 36.2 Å². The largest absolute Gasteiger partial charge is 0.396 e. The van der Waals surface area contributed by atoms with Crippen LogP contribution in [0.25, 0.3) is 0 Å². The molecule has 0 unspecified atom stereocenters. The highest BCUT2D eigenvalue weighted by Crippen LogP contribution is 2.15. The molecule has 0 aliphatic rings. The minimum Gasteiger partial charge on any atom is -0.396 e. The lowest BCUT2D eigenvalue weighted by molar-refractivity contribution is 0.387. The molecule has 0 fully saturated rings. The lowest BCUT2D eigenvalue weighted by Gasteiger charge is -2.07. The molecule has 2 aromatic heterocycles. The van der Waals surface area contributed by atoms with E-state index in [2.05, 4.69) is 20.4 Å². The van der Waals surface area contributed by atoms with Gasteiger partial charge >= 0.3 is 0 Å². The van der Waals surface area contributed by atoms with Gasteiger partial charge < -0.3 is 15.6 Å². The highest BCUT2D eigenvalue weighted by atomic mass is 16.5. The first kappa shape index (κ1) is 11.4. The summed E-state index contributed by atoms with van der Waals surface area (Å²) in [7, 11) is 0. The Labute approximate surface area is 99.2 Å². The van der Waals surface area contributed by atoms with Gasteiger partial charge in [-0.1, -0.05) is 5.16 Å². The van der Waals surface area contributed by atoms with Crippen molar-refractivity contribution >= 4 is 11.5 Å². The topological polar surface area (TPSA) is 89.9 Å². The second-order valence-corrected chi connectivity index (χ2v) is 3.86. The van der Waals surface area contributed by atoms with Crippen molar-refractivity contribution < 1.29 is 4.52 Å². The van der Waals surface area contributed by atoms with Crippen LogP contribution in [0.2, 0.25) is 0 Å². The minimum atomic E-state index is 0.577. The summed E-state index contributed by atoms with van der Waals surface area (Å²) in [5, 5.41) is 6.95. The lowest BCUT2D eigenvalue weighted by atomic mass is 10.3. The van der Waals surface area contributed by atoms with Crippen molar-refractivity contribution in [2.75, 3.05) is 17.6 Å². The summed E-state index contributed by atoms with van der Waals surface area (Å²) in [6.45, 7) is 4.39. The third-order valence-corrected chi connectivity index (χ3v) is 2.26. The Kier molecular flexibility index (Phi) is 3.22. The van der Waals surface area contributed by atoms with Gasteiger partial charge in [0, 0.05) is 26.1 Å². The molecule has 0 saturated carbocycles. The van der Waals surface area contributed by atoms with Crippen molar-refractivity contribution in [1.29, 1.82) is 0 Å². The predicted molar refractivity (Wildman–Crippen MR) is 64.6 cm³/mol.